The van der Waals surface area contributed by atoms with Gasteiger partial charge in [-0.1, -0.05) is 50.2 Å². The fraction of sp³-hybridized carbons (Fsp3) is 0.240. The third kappa shape index (κ3) is 6.92. The molecule has 0 aliphatic rings. The topological polar surface area (TPSA) is 99.3 Å². The van der Waals surface area contributed by atoms with Gasteiger partial charge in [-0.25, -0.2) is 4.79 Å². The summed E-state index contributed by atoms with van der Waals surface area (Å²) in [4.78, 5) is 38.0. The second kappa shape index (κ2) is 11.3. The van der Waals surface area contributed by atoms with Crippen LogP contribution in [0.1, 0.15) is 42.0 Å². The number of amides is 4. The number of nitrogens with one attached hydrogen (secondary N) is 4. The molecular formula is C25H28N4O3S. The van der Waals surface area contributed by atoms with Crippen LogP contribution < -0.4 is 21.3 Å². The Hall–Kier alpha value is -3.65. The van der Waals surface area contributed by atoms with Crippen LogP contribution in [0.2, 0.25) is 0 Å². The summed E-state index contributed by atoms with van der Waals surface area (Å²) in [5.74, 6) is -0.571. The molecule has 0 bridgehead atoms. The predicted octanol–water partition coefficient (Wildman–Crippen LogP) is 5.02. The SMILES string of the molecule is CC(NC(=O)C(NC(=O)c1cccs1)C(C)C)c1ccc(NC(=O)Nc2ccccc2)cc1. The highest BCUT2D eigenvalue weighted by Crippen LogP contribution is 2.18. The summed E-state index contributed by atoms with van der Waals surface area (Å²) >= 11 is 1.33. The van der Waals surface area contributed by atoms with E-state index in [-0.39, 0.29) is 29.8 Å². The smallest absolute Gasteiger partial charge is 0.323 e. The molecule has 1 heterocycles. The van der Waals surface area contributed by atoms with E-state index in [1.54, 1.807) is 36.4 Å². The number of anilines is 2. The van der Waals surface area contributed by atoms with Gasteiger partial charge in [0.1, 0.15) is 6.04 Å². The highest BCUT2D eigenvalue weighted by Gasteiger charge is 2.26. The Morgan fingerprint density at radius 1 is 0.758 bits per heavy atom. The minimum Gasteiger partial charge on any atom is -0.348 e. The van der Waals surface area contributed by atoms with Gasteiger partial charge in [-0.15, -0.1) is 11.3 Å². The first-order valence-electron chi connectivity index (χ1n) is 10.7. The van der Waals surface area contributed by atoms with E-state index in [9.17, 15) is 14.4 Å². The second-order valence-corrected chi connectivity index (χ2v) is 8.92. The molecule has 0 radical (unpaired) electrons. The van der Waals surface area contributed by atoms with Gasteiger partial charge in [0.25, 0.3) is 5.91 Å². The van der Waals surface area contributed by atoms with Crippen molar-refractivity contribution in [1.82, 2.24) is 10.6 Å². The molecule has 4 amide bonds. The number of hydrogen-bond acceptors (Lipinski definition) is 4. The minimum atomic E-state index is -0.648. The van der Waals surface area contributed by atoms with Crippen LogP contribution >= 0.6 is 11.3 Å². The quantitative estimate of drug-likeness (QED) is 0.376. The maximum Gasteiger partial charge on any atom is 0.323 e. The highest BCUT2D eigenvalue weighted by molar-refractivity contribution is 7.12. The maximum atomic E-state index is 12.9. The number of carbonyl (C=O) groups excluding carboxylic acids is 3. The number of rotatable bonds is 8. The first-order chi connectivity index (χ1) is 15.8. The van der Waals surface area contributed by atoms with Crippen molar-refractivity contribution in [3.63, 3.8) is 0 Å². The Balaban J connectivity index is 1.56. The predicted molar refractivity (Wildman–Crippen MR) is 132 cm³/mol. The molecule has 7 nitrogen and oxygen atoms in total. The number of benzene rings is 2. The molecular weight excluding hydrogens is 436 g/mol. The monoisotopic (exact) mass is 464 g/mol. The molecule has 2 aromatic carbocycles. The van der Waals surface area contributed by atoms with Crippen LogP contribution in [0.15, 0.2) is 72.1 Å². The molecule has 3 aromatic rings. The van der Waals surface area contributed by atoms with Crippen LogP contribution in [0.3, 0.4) is 0 Å². The van der Waals surface area contributed by atoms with Gasteiger partial charge in [0.2, 0.25) is 5.91 Å². The van der Waals surface area contributed by atoms with E-state index in [4.69, 9.17) is 0 Å². The van der Waals surface area contributed by atoms with Gasteiger partial charge in [0.15, 0.2) is 0 Å². The highest BCUT2D eigenvalue weighted by atomic mass is 32.1. The lowest BCUT2D eigenvalue weighted by Gasteiger charge is -2.24. The van der Waals surface area contributed by atoms with Crippen LogP contribution in [-0.2, 0) is 4.79 Å². The summed E-state index contributed by atoms with van der Waals surface area (Å²) in [5.41, 5.74) is 2.22. The van der Waals surface area contributed by atoms with Crippen molar-refractivity contribution in [3.8, 4) is 0 Å². The molecule has 0 saturated carbocycles. The molecule has 0 aliphatic carbocycles. The van der Waals surface area contributed by atoms with Crippen LogP contribution in [0.5, 0.6) is 0 Å². The van der Waals surface area contributed by atoms with Crippen molar-refractivity contribution in [2.45, 2.75) is 32.9 Å². The van der Waals surface area contributed by atoms with Crippen molar-refractivity contribution in [2.75, 3.05) is 10.6 Å². The molecule has 1 aromatic heterocycles. The summed E-state index contributed by atoms with van der Waals surface area (Å²) in [6, 6.07) is 18.7. The summed E-state index contributed by atoms with van der Waals surface area (Å²) in [6.07, 6.45) is 0. The van der Waals surface area contributed by atoms with Gasteiger partial charge >= 0.3 is 6.03 Å². The number of hydrogen-bond donors (Lipinski definition) is 4. The zero-order valence-electron chi connectivity index (χ0n) is 18.8. The van der Waals surface area contributed by atoms with Crippen molar-refractivity contribution in [1.29, 1.82) is 0 Å². The molecule has 2 unspecified atom stereocenters. The van der Waals surface area contributed by atoms with Gasteiger partial charge < -0.3 is 21.3 Å². The van der Waals surface area contributed by atoms with Gasteiger partial charge in [-0.2, -0.15) is 0 Å². The zero-order valence-corrected chi connectivity index (χ0v) is 19.6. The molecule has 4 N–H and O–H groups in total. The van der Waals surface area contributed by atoms with E-state index in [1.807, 2.05) is 56.5 Å². The van der Waals surface area contributed by atoms with Crippen LogP contribution in [-0.4, -0.2) is 23.9 Å². The first-order valence-corrected chi connectivity index (χ1v) is 11.6. The number of thiophene rings is 1. The third-order valence-electron chi connectivity index (χ3n) is 5.04. The fourth-order valence-corrected chi connectivity index (χ4v) is 3.84. The Morgan fingerprint density at radius 2 is 1.39 bits per heavy atom. The standard InChI is InChI=1S/C25H28N4O3S/c1-16(2)22(29-23(30)21-10-7-15-33-21)24(31)26-17(3)18-11-13-20(14-12-18)28-25(32)27-19-8-5-4-6-9-19/h4-17,22H,1-3H3,(H,26,31)(H,29,30)(H2,27,28,32). The Labute approximate surface area is 197 Å². The molecule has 2 atom stereocenters. The fourth-order valence-electron chi connectivity index (χ4n) is 3.21. The van der Waals surface area contributed by atoms with Crippen LogP contribution in [0.25, 0.3) is 0 Å². The molecule has 3 rings (SSSR count). The molecule has 0 spiro atoms. The van der Waals surface area contributed by atoms with Crippen molar-refractivity contribution in [2.24, 2.45) is 5.92 Å². The maximum absolute atomic E-state index is 12.9. The number of carbonyl (C=O) groups is 3. The Bertz CT molecular complexity index is 1070. The van der Waals surface area contributed by atoms with E-state index >= 15 is 0 Å². The molecule has 0 saturated heterocycles. The van der Waals surface area contributed by atoms with Crippen LogP contribution in [0.4, 0.5) is 16.2 Å². The van der Waals surface area contributed by atoms with E-state index in [2.05, 4.69) is 21.3 Å². The van der Waals surface area contributed by atoms with Gasteiger partial charge in [0.05, 0.1) is 10.9 Å². The lowest BCUT2D eigenvalue weighted by Crippen LogP contribution is -2.50. The normalized spacial score (nSPS) is 12.5. The Kier molecular flexibility index (Phi) is 8.21. The lowest BCUT2D eigenvalue weighted by molar-refractivity contribution is -0.124. The summed E-state index contributed by atoms with van der Waals surface area (Å²) in [5, 5.41) is 13.2. The van der Waals surface area contributed by atoms with Crippen LogP contribution in [0, 0.1) is 5.92 Å². The average molecular weight is 465 g/mol. The van der Waals surface area contributed by atoms with Crippen molar-refractivity contribution in [3.05, 3.63) is 82.6 Å². The lowest BCUT2D eigenvalue weighted by atomic mass is 10.0. The van der Waals surface area contributed by atoms with Gasteiger partial charge in [-0.05, 0) is 54.1 Å². The molecule has 8 heteroatoms. The molecule has 172 valence electrons. The number of para-hydroxylation sites is 1. The number of urea groups is 1. The second-order valence-electron chi connectivity index (χ2n) is 7.97. The Morgan fingerprint density at radius 3 is 1.97 bits per heavy atom. The largest absolute Gasteiger partial charge is 0.348 e. The third-order valence-corrected chi connectivity index (χ3v) is 5.91. The minimum absolute atomic E-state index is 0.0733. The van der Waals surface area contributed by atoms with E-state index < -0.39 is 6.04 Å². The van der Waals surface area contributed by atoms with Gasteiger partial charge in [0, 0.05) is 11.4 Å². The van der Waals surface area contributed by atoms with E-state index in [0.29, 0.717) is 16.3 Å². The van der Waals surface area contributed by atoms with Crippen molar-refractivity contribution < 1.29 is 14.4 Å². The summed E-state index contributed by atoms with van der Waals surface area (Å²) < 4.78 is 0. The summed E-state index contributed by atoms with van der Waals surface area (Å²) in [6.45, 7) is 5.66. The van der Waals surface area contributed by atoms with Crippen molar-refractivity contribution >= 4 is 40.6 Å². The van der Waals surface area contributed by atoms with E-state index in [1.165, 1.54) is 11.3 Å². The van der Waals surface area contributed by atoms with Gasteiger partial charge in [-0.3, -0.25) is 9.59 Å². The first kappa shape index (κ1) is 24.0. The van der Waals surface area contributed by atoms with E-state index in [0.717, 1.165) is 5.56 Å². The average Bonchev–Trinajstić information content (AvgIpc) is 3.33. The molecule has 33 heavy (non-hydrogen) atoms. The molecule has 0 aliphatic heterocycles. The zero-order chi connectivity index (χ0) is 23.8. The summed E-state index contributed by atoms with van der Waals surface area (Å²) in [7, 11) is 0. The molecule has 0 fully saturated rings.